The lowest BCUT2D eigenvalue weighted by Crippen LogP contribution is -2.58. The number of halogens is 3. The van der Waals surface area contributed by atoms with E-state index in [9.17, 15) is 18.0 Å². The molecule has 1 aromatic rings. The van der Waals surface area contributed by atoms with Gasteiger partial charge >= 0.3 is 6.18 Å². The number of carbonyl (C=O) groups excluding carboxylic acids is 1. The van der Waals surface area contributed by atoms with Gasteiger partial charge in [0.25, 0.3) is 5.91 Å². The maximum Gasteiger partial charge on any atom is 0.416 e. The number of nitrogens with one attached hydrogen (secondary N) is 2. The van der Waals surface area contributed by atoms with Gasteiger partial charge in [0.15, 0.2) is 0 Å². The maximum atomic E-state index is 13.5. The summed E-state index contributed by atoms with van der Waals surface area (Å²) in [4.78, 5) is 12.0. The average Bonchev–Trinajstić information content (AvgIpc) is 2.87. The van der Waals surface area contributed by atoms with Gasteiger partial charge in [0, 0.05) is 30.6 Å². The first-order valence-corrected chi connectivity index (χ1v) is 7.94. The van der Waals surface area contributed by atoms with Crippen molar-refractivity contribution < 1.29 is 22.7 Å². The van der Waals surface area contributed by atoms with Crippen LogP contribution >= 0.6 is 0 Å². The van der Waals surface area contributed by atoms with Crippen LogP contribution in [0.1, 0.15) is 47.8 Å². The molecule has 0 aromatic heterocycles. The number of fused-ring (bicyclic) bond motifs is 1. The van der Waals surface area contributed by atoms with Gasteiger partial charge in [-0.1, -0.05) is 13.8 Å². The molecule has 1 aromatic carbocycles. The quantitative estimate of drug-likeness (QED) is 0.869. The molecule has 2 heterocycles. The average molecular weight is 342 g/mol. The van der Waals surface area contributed by atoms with Crippen molar-refractivity contribution in [3.8, 4) is 0 Å². The standard InChI is InChI=1S/C17H21F3N2O2/c1-15(2,16(3)9-21-4-5-24-16)10-6-11-12(8-22-14(11)23)13(7-10)17(18,19)20/h6-7,21H,4-5,8-9H2,1-3H3,(H,22,23). The number of hydrogen-bond donors (Lipinski definition) is 2. The molecule has 3 rings (SSSR count). The van der Waals surface area contributed by atoms with Gasteiger partial charge in [0.05, 0.1) is 17.8 Å². The van der Waals surface area contributed by atoms with Crippen LogP contribution in [0.25, 0.3) is 0 Å². The molecule has 2 aliphatic rings. The van der Waals surface area contributed by atoms with Crippen LogP contribution in [0.5, 0.6) is 0 Å². The second-order valence-electron chi connectivity index (χ2n) is 7.11. The number of ether oxygens (including phenoxy) is 1. The van der Waals surface area contributed by atoms with Gasteiger partial charge in [0.2, 0.25) is 0 Å². The van der Waals surface area contributed by atoms with Gasteiger partial charge in [0.1, 0.15) is 0 Å². The number of hydrogen-bond acceptors (Lipinski definition) is 3. The van der Waals surface area contributed by atoms with Crippen molar-refractivity contribution in [3.05, 3.63) is 34.4 Å². The van der Waals surface area contributed by atoms with Gasteiger partial charge in [-0.25, -0.2) is 0 Å². The predicted molar refractivity (Wildman–Crippen MR) is 82.9 cm³/mol. The van der Waals surface area contributed by atoms with E-state index in [0.29, 0.717) is 25.3 Å². The Balaban J connectivity index is 2.14. The summed E-state index contributed by atoms with van der Waals surface area (Å²) in [6, 6.07) is 2.75. The molecule has 24 heavy (non-hydrogen) atoms. The monoisotopic (exact) mass is 342 g/mol. The van der Waals surface area contributed by atoms with E-state index >= 15 is 0 Å². The van der Waals surface area contributed by atoms with Crippen LogP contribution in [0.3, 0.4) is 0 Å². The van der Waals surface area contributed by atoms with Gasteiger partial charge < -0.3 is 15.4 Å². The lowest BCUT2D eigenvalue weighted by Gasteiger charge is -2.47. The van der Waals surface area contributed by atoms with Gasteiger partial charge in [-0.05, 0) is 30.2 Å². The molecule has 1 amide bonds. The number of amides is 1. The number of benzene rings is 1. The highest BCUT2D eigenvalue weighted by Gasteiger charge is 2.47. The lowest BCUT2D eigenvalue weighted by molar-refractivity contribution is -0.138. The number of morpholine rings is 1. The Morgan fingerprint density at radius 3 is 2.54 bits per heavy atom. The molecule has 132 valence electrons. The summed E-state index contributed by atoms with van der Waals surface area (Å²) in [5.41, 5.74) is -1.53. The second kappa shape index (κ2) is 5.46. The summed E-state index contributed by atoms with van der Waals surface area (Å²) in [6.45, 7) is 7.26. The van der Waals surface area contributed by atoms with Crippen molar-refractivity contribution in [1.29, 1.82) is 0 Å². The van der Waals surface area contributed by atoms with Crippen molar-refractivity contribution in [1.82, 2.24) is 10.6 Å². The zero-order valence-electron chi connectivity index (χ0n) is 13.9. The Labute approximate surface area is 138 Å². The number of carbonyl (C=O) groups is 1. The van der Waals surface area contributed by atoms with E-state index in [0.717, 1.165) is 0 Å². The lowest BCUT2D eigenvalue weighted by atomic mass is 9.69. The molecule has 4 nitrogen and oxygen atoms in total. The Bertz CT molecular complexity index is 677. The highest BCUT2D eigenvalue weighted by Crippen LogP contribution is 2.43. The number of alkyl halides is 3. The third-order valence-electron chi connectivity index (χ3n) is 5.43. The normalized spacial score (nSPS) is 24.7. The fourth-order valence-electron chi connectivity index (χ4n) is 3.38. The van der Waals surface area contributed by atoms with Crippen LogP contribution in [0.15, 0.2) is 12.1 Å². The zero-order valence-corrected chi connectivity index (χ0v) is 13.9. The van der Waals surface area contributed by atoms with Crippen LogP contribution in [0.2, 0.25) is 0 Å². The fraction of sp³-hybridized carbons (Fsp3) is 0.588. The van der Waals surface area contributed by atoms with E-state index < -0.39 is 28.7 Å². The van der Waals surface area contributed by atoms with E-state index in [1.807, 2.05) is 20.8 Å². The first-order valence-electron chi connectivity index (χ1n) is 7.94. The highest BCUT2D eigenvalue weighted by molar-refractivity contribution is 5.99. The van der Waals surface area contributed by atoms with Crippen molar-refractivity contribution in [2.75, 3.05) is 19.7 Å². The van der Waals surface area contributed by atoms with Crippen LogP contribution in [0, 0.1) is 0 Å². The summed E-state index contributed by atoms with van der Waals surface area (Å²) in [6.07, 6.45) is -4.50. The Kier molecular flexibility index (Phi) is 3.92. The van der Waals surface area contributed by atoms with Gasteiger partial charge in [-0.3, -0.25) is 4.79 Å². The smallest absolute Gasteiger partial charge is 0.372 e. The molecule has 0 bridgehead atoms. The summed E-state index contributed by atoms with van der Waals surface area (Å²) in [5, 5.41) is 5.71. The van der Waals surface area contributed by atoms with Crippen molar-refractivity contribution in [3.63, 3.8) is 0 Å². The second-order valence-corrected chi connectivity index (χ2v) is 7.11. The van der Waals surface area contributed by atoms with E-state index in [4.69, 9.17) is 4.74 Å². The van der Waals surface area contributed by atoms with E-state index in [1.54, 1.807) is 6.07 Å². The van der Waals surface area contributed by atoms with E-state index in [-0.39, 0.29) is 17.7 Å². The minimum Gasteiger partial charge on any atom is -0.372 e. The Hall–Kier alpha value is -1.60. The zero-order chi connectivity index (χ0) is 17.8. The van der Waals surface area contributed by atoms with E-state index in [1.165, 1.54) is 6.07 Å². The predicted octanol–water partition coefficient (Wildman–Crippen LogP) is 2.60. The van der Waals surface area contributed by atoms with Crippen molar-refractivity contribution in [2.45, 2.75) is 44.5 Å². The fourth-order valence-corrected chi connectivity index (χ4v) is 3.38. The minimum atomic E-state index is -4.50. The van der Waals surface area contributed by atoms with Crippen LogP contribution in [-0.2, 0) is 22.9 Å². The molecular weight excluding hydrogens is 321 g/mol. The molecule has 0 saturated carbocycles. The van der Waals surface area contributed by atoms with Crippen LogP contribution in [-0.4, -0.2) is 31.2 Å². The number of rotatable bonds is 2. The van der Waals surface area contributed by atoms with Crippen LogP contribution in [0.4, 0.5) is 13.2 Å². The molecule has 1 atom stereocenters. The molecule has 1 unspecified atom stereocenters. The van der Waals surface area contributed by atoms with Crippen molar-refractivity contribution >= 4 is 5.91 Å². The Morgan fingerprint density at radius 2 is 1.96 bits per heavy atom. The molecule has 1 saturated heterocycles. The van der Waals surface area contributed by atoms with Crippen molar-refractivity contribution in [2.24, 2.45) is 0 Å². The summed E-state index contributed by atoms with van der Waals surface area (Å²) in [5.74, 6) is -0.457. The highest BCUT2D eigenvalue weighted by atomic mass is 19.4. The van der Waals surface area contributed by atoms with Gasteiger partial charge in [-0.2, -0.15) is 13.2 Å². The molecule has 2 N–H and O–H groups in total. The third-order valence-corrected chi connectivity index (χ3v) is 5.43. The molecule has 1 fully saturated rings. The summed E-state index contributed by atoms with van der Waals surface area (Å²) >= 11 is 0. The van der Waals surface area contributed by atoms with E-state index in [2.05, 4.69) is 10.6 Å². The molecular formula is C17H21F3N2O2. The largest absolute Gasteiger partial charge is 0.416 e. The van der Waals surface area contributed by atoms with Crippen LogP contribution < -0.4 is 10.6 Å². The molecule has 7 heteroatoms. The topological polar surface area (TPSA) is 50.4 Å². The molecule has 0 aliphatic carbocycles. The summed E-state index contributed by atoms with van der Waals surface area (Å²) < 4.78 is 46.4. The Morgan fingerprint density at radius 1 is 1.25 bits per heavy atom. The van der Waals surface area contributed by atoms with Gasteiger partial charge in [-0.15, -0.1) is 0 Å². The molecule has 0 spiro atoms. The maximum absolute atomic E-state index is 13.5. The molecule has 0 radical (unpaired) electrons. The summed E-state index contributed by atoms with van der Waals surface area (Å²) in [7, 11) is 0. The first kappa shape index (κ1) is 17.2. The molecule has 2 aliphatic heterocycles. The third kappa shape index (κ3) is 2.59. The first-order chi connectivity index (χ1) is 11.1. The SMILES string of the molecule is CC1(C(C)(C)c2cc3c(c(C(F)(F)F)c2)CNC3=O)CNCCO1. The minimum absolute atomic E-state index is 0.0277.